The molecule has 20 heavy (non-hydrogen) atoms. The Balaban J connectivity index is 2.00. The van der Waals surface area contributed by atoms with Crippen LogP contribution in [0.15, 0.2) is 0 Å². The van der Waals surface area contributed by atoms with E-state index in [1.165, 1.54) is 10.4 Å². The third kappa shape index (κ3) is 3.59. The number of carbonyl (C=O) groups excluding carboxylic acids is 1. The van der Waals surface area contributed by atoms with Crippen molar-refractivity contribution < 1.29 is 9.53 Å². The molecule has 5 heteroatoms. The molecule has 0 saturated heterocycles. The normalized spacial score (nSPS) is 15.4. The number of esters is 1. The summed E-state index contributed by atoms with van der Waals surface area (Å²) in [5, 5.41) is 0. The minimum absolute atomic E-state index is 0.136. The summed E-state index contributed by atoms with van der Waals surface area (Å²) in [7, 11) is 6.17. The van der Waals surface area contributed by atoms with Gasteiger partial charge in [-0.3, -0.25) is 0 Å². The number of aryl methyl sites for hydroxylation is 1. The van der Waals surface area contributed by atoms with Crippen LogP contribution in [-0.2, 0) is 17.7 Å². The molecule has 0 aromatic carbocycles. The summed E-state index contributed by atoms with van der Waals surface area (Å²) in [6, 6.07) is 0. The van der Waals surface area contributed by atoms with Gasteiger partial charge in [0.25, 0.3) is 0 Å². The van der Waals surface area contributed by atoms with Crippen molar-refractivity contribution in [3.8, 4) is 0 Å². The average molecular weight is 296 g/mol. The monoisotopic (exact) mass is 296 g/mol. The standard InChI is InChI=1S/C15H24N2O2S/c1-11-14(15(18)19-9-5-7-16(2)3)12-6-8-17(4)10-13(12)20-11/h5-10H2,1-4H3. The van der Waals surface area contributed by atoms with Gasteiger partial charge in [0.05, 0.1) is 12.2 Å². The first-order chi connectivity index (χ1) is 9.49. The molecule has 0 N–H and O–H groups in total. The van der Waals surface area contributed by atoms with E-state index in [0.29, 0.717) is 6.61 Å². The highest BCUT2D eigenvalue weighted by Crippen LogP contribution is 2.32. The van der Waals surface area contributed by atoms with E-state index in [1.54, 1.807) is 11.3 Å². The molecule has 0 saturated carbocycles. The number of likely N-dealkylation sites (N-methyl/N-ethyl adjacent to an activating group) is 1. The second-order valence-corrected chi connectivity index (χ2v) is 7.02. The van der Waals surface area contributed by atoms with Crippen molar-refractivity contribution >= 4 is 17.3 Å². The highest BCUT2D eigenvalue weighted by Gasteiger charge is 2.25. The van der Waals surface area contributed by atoms with Crippen molar-refractivity contribution in [2.45, 2.75) is 26.3 Å². The number of hydrogen-bond donors (Lipinski definition) is 0. The summed E-state index contributed by atoms with van der Waals surface area (Å²) in [4.78, 5) is 19.1. The fourth-order valence-corrected chi connectivity index (χ4v) is 3.84. The van der Waals surface area contributed by atoms with Crippen molar-refractivity contribution in [1.82, 2.24) is 9.80 Å². The van der Waals surface area contributed by atoms with Gasteiger partial charge in [-0.2, -0.15) is 0 Å². The van der Waals surface area contributed by atoms with E-state index in [1.807, 2.05) is 21.0 Å². The van der Waals surface area contributed by atoms with Crippen LogP contribution in [0.1, 0.15) is 32.1 Å². The third-order valence-corrected chi connectivity index (χ3v) is 4.74. The number of carbonyl (C=O) groups is 1. The summed E-state index contributed by atoms with van der Waals surface area (Å²) >= 11 is 1.74. The van der Waals surface area contributed by atoms with Crippen LogP contribution in [0, 0.1) is 6.92 Å². The molecule has 1 aromatic rings. The van der Waals surface area contributed by atoms with Crippen LogP contribution in [0.4, 0.5) is 0 Å². The number of nitrogens with zero attached hydrogens (tertiary/aromatic N) is 2. The Bertz CT molecular complexity index is 482. The van der Waals surface area contributed by atoms with E-state index >= 15 is 0 Å². The first kappa shape index (κ1) is 15.5. The molecule has 1 aliphatic rings. The van der Waals surface area contributed by atoms with Crippen LogP contribution in [0.2, 0.25) is 0 Å². The lowest BCUT2D eigenvalue weighted by atomic mass is 10.0. The summed E-state index contributed by atoms with van der Waals surface area (Å²) in [6.07, 6.45) is 1.84. The van der Waals surface area contributed by atoms with Gasteiger partial charge in [-0.05, 0) is 46.5 Å². The quantitative estimate of drug-likeness (QED) is 0.616. The number of fused-ring (bicyclic) bond motifs is 1. The first-order valence-electron chi connectivity index (χ1n) is 7.10. The molecule has 0 unspecified atom stereocenters. The zero-order valence-corrected chi connectivity index (χ0v) is 13.7. The Morgan fingerprint density at radius 3 is 2.90 bits per heavy atom. The Labute approximate surface area is 125 Å². The molecule has 0 bridgehead atoms. The number of rotatable bonds is 5. The first-order valence-corrected chi connectivity index (χ1v) is 7.92. The molecular weight excluding hydrogens is 272 g/mol. The van der Waals surface area contributed by atoms with Crippen molar-refractivity contribution in [1.29, 1.82) is 0 Å². The van der Waals surface area contributed by atoms with Crippen LogP contribution in [0.5, 0.6) is 0 Å². The van der Waals surface area contributed by atoms with Gasteiger partial charge in [0.2, 0.25) is 0 Å². The molecular formula is C15H24N2O2S. The van der Waals surface area contributed by atoms with Gasteiger partial charge in [0.1, 0.15) is 0 Å². The zero-order chi connectivity index (χ0) is 14.7. The Morgan fingerprint density at radius 1 is 1.45 bits per heavy atom. The van der Waals surface area contributed by atoms with Gasteiger partial charge in [0.15, 0.2) is 0 Å². The molecule has 2 rings (SSSR count). The highest BCUT2D eigenvalue weighted by atomic mass is 32.1. The number of thiophene rings is 1. The zero-order valence-electron chi connectivity index (χ0n) is 12.9. The fraction of sp³-hybridized carbons (Fsp3) is 0.667. The number of hydrogen-bond acceptors (Lipinski definition) is 5. The van der Waals surface area contributed by atoms with Crippen molar-refractivity contribution in [3.05, 3.63) is 20.9 Å². The molecule has 0 fully saturated rings. The van der Waals surface area contributed by atoms with Crippen LogP contribution in [0.25, 0.3) is 0 Å². The topological polar surface area (TPSA) is 32.8 Å². The lowest BCUT2D eigenvalue weighted by Gasteiger charge is -2.22. The number of ether oxygens (including phenoxy) is 1. The molecule has 1 aromatic heterocycles. The van der Waals surface area contributed by atoms with Gasteiger partial charge in [0, 0.05) is 29.4 Å². The van der Waals surface area contributed by atoms with Crippen molar-refractivity contribution in [2.24, 2.45) is 0 Å². The maximum Gasteiger partial charge on any atom is 0.339 e. The molecule has 2 heterocycles. The van der Waals surface area contributed by atoms with Crippen LogP contribution in [-0.4, -0.2) is 56.6 Å². The molecule has 1 aliphatic heterocycles. The SMILES string of the molecule is Cc1sc2c(c1C(=O)OCCCN(C)C)CCN(C)C2. The summed E-state index contributed by atoms with van der Waals surface area (Å²) in [5.41, 5.74) is 2.06. The van der Waals surface area contributed by atoms with Crippen molar-refractivity contribution in [2.75, 3.05) is 40.8 Å². The Morgan fingerprint density at radius 2 is 2.20 bits per heavy atom. The van der Waals surface area contributed by atoms with E-state index in [0.717, 1.165) is 42.9 Å². The Hall–Kier alpha value is -0.910. The van der Waals surface area contributed by atoms with Crippen LogP contribution in [0.3, 0.4) is 0 Å². The fourth-order valence-electron chi connectivity index (χ4n) is 2.55. The average Bonchev–Trinajstić information content (AvgIpc) is 2.69. The minimum atomic E-state index is -0.136. The third-order valence-electron chi connectivity index (χ3n) is 3.61. The van der Waals surface area contributed by atoms with Crippen molar-refractivity contribution in [3.63, 3.8) is 0 Å². The van der Waals surface area contributed by atoms with E-state index in [4.69, 9.17) is 4.74 Å². The highest BCUT2D eigenvalue weighted by molar-refractivity contribution is 7.12. The van der Waals surface area contributed by atoms with E-state index in [2.05, 4.69) is 16.8 Å². The second kappa shape index (κ2) is 6.70. The van der Waals surface area contributed by atoms with Gasteiger partial charge < -0.3 is 14.5 Å². The maximum absolute atomic E-state index is 12.3. The van der Waals surface area contributed by atoms with Crippen LogP contribution >= 0.6 is 11.3 Å². The molecule has 0 amide bonds. The molecule has 0 spiro atoms. The molecule has 0 aliphatic carbocycles. The predicted octanol–water partition coefficient (Wildman–Crippen LogP) is 2.15. The van der Waals surface area contributed by atoms with Crippen LogP contribution < -0.4 is 0 Å². The largest absolute Gasteiger partial charge is 0.462 e. The van der Waals surface area contributed by atoms with Gasteiger partial charge in [-0.15, -0.1) is 11.3 Å². The maximum atomic E-state index is 12.3. The van der Waals surface area contributed by atoms with Gasteiger partial charge >= 0.3 is 5.97 Å². The van der Waals surface area contributed by atoms with E-state index in [9.17, 15) is 4.79 Å². The van der Waals surface area contributed by atoms with Gasteiger partial charge in [-0.25, -0.2) is 4.79 Å². The molecule has 112 valence electrons. The molecule has 0 atom stereocenters. The summed E-state index contributed by atoms with van der Waals surface area (Å²) in [6.45, 7) is 5.44. The lowest BCUT2D eigenvalue weighted by Crippen LogP contribution is -2.26. The lowest BCUT2D eigenvalue weighted by molar-refractivity contribution is 0.0491. The predicted molar refractivity (Wildman–Crippen MR) is 82.5 cm³/mol. The summed E-state index contributed by atoms with van der Waals surface area (Å²) < 4.78 is 5.44. The second-order valence-electron chi connectivity index (χ2n) is 5.72. The smallest absolute Gasteiger partial charge is 0.339 e. The minimum Gasteiger partial charge on any atom is -0.462 e. The van der Waals surface area contributed by atoms with E-state index in [-0.39, 0.29) is 5.97 Å². The molecule has 0 radical (unpaired) electrons. The Kier molecular flexibility index (Phi) is 5.18. The van der Waals surface area contributed by atoms with E-state index < -0.39 is 0 Å². The van der Waals surface area contributed by atoms with Gasteiger partial charge in [-0.1, -0.05) is 0 Å². The molecule has 4 nitrogen and oxygen atoms in total. The summed E-state index contributed by atoms with van der Waals surface area (Å²) in [5.74, 6) is -0.136.